The summed E-state index contributed by atoms with van der Waals surface area (Å²) in [5, 5.41) is 29.9. The molecule has 0 aliphatic carbocycles. The Bertz CT molecular complexity index is 971. The van der Waals surface area contributed by atoms with Crippen molar-refractivity contribution in [1.29, 1.82) is 0 Å². The summed E-state index contributed by atoms with van der Waals surface area (Å²) in [4.78, 5) is 23.6. The summed E-state index contributed by atoms with van der Waals surface area (Å²) >= 11 is 0. The Labute approximate surface area is 177 Å². The van der Waals surface area contributed by atoms with Gasteiger partial charge >= 0.3 is 12.3 Å². The largest absolute Gasteiger partial charge is 0.513 e. The van der Waals surface area contributed by atoms with Crippen LogP contribution in [0.3, 0.4) is 0 Å². The molecule has 0 spiro atoms. The number of hydrogen-bond acceptors (Lipinski definition) is 10. The zero-order valence-corrected chi connectivity index (χ0v) is 16.9. The molecule has 10 heteroatoms. The lowest BCUT2D eigenvalue weighted by Gasteiger charge is -2.32. The minimum Gasteiger partial charge on any atom is -0.504 e. The van der Waals surface area contributed by atoms with Gasteiger partial charge in [0.05, 0.1) is 19.3 Å². The predicted molar refractivity (Wildman–Crippen MR) is 105 cm³/mol. The second-order valence-electron chi connectivity index (χ2n) is 6.53. The van der Waals surface area contributed by atoms with Gasteiger partial charge < -0.3 is 39.0 Å². The fourth-order valence-electron chi connectivity index (χ4n) is 3.07. The van der Waals surface area contributed by atoms with Gasteiger partial charge in [-0.15, -0.1) is 0 Å². The number of aromatic hydroxyl groups is 2. The van der Waals surface area contributed by atoms with Gasteiger partial charge in [0.15, 0.2) is 11.5 Å². The molecule has 1 aliphatic heterocycles. The van der Waals surface area contributed by atoms with Crippen molar-refractivity contribution < 1.29 is 48.6 Å². The number of fused-ring (bicyclic) bond motifs is 1. The van der Waals surface area contributed by atoms with E-state index in [2.05, 4.69) is 0 Å². The van der Waals surface area contributed by atoms with Crippen molar-refractivity contribution in [1.82, 2.24) is 0 Å². The second-order valence-corrected chi connectivity index (χ2v) is 6.53. The molecule has 2 atom stereocenters. The van der Waals surface area contributed by atoms with Crippen LogP contribution in [-0.2, 0) is 15.9 Å². The minimum atomic E-state index is -1.07. The highest BCUT2D eigenvalue weighted by molar-refractivity contribution is 5.68. The first-order valence-corrected chi connectivity index (χ1v) is 9.55. The van der Waals surface area contributed by atoms with Crippen LogP contribution in [0.1, 0.15) is 31.1 Å². The van der Waals surface area contributed by atoms with Crippen LogP contribution in [0.15, 0.2) is 30.3 Å². The van der Waals surface area contributed by atoms with Crippen molar-refractivity contribution in [2.24, 2.45) is 0 Å². The van der Waals surface area contributed by atoms with Crippen molar-refractivity contribution in [2.75, 3.05) is 13.2 Å². The first kappa shape index (κ1) is 22.0. The Morgan fingerprint density at radius 2 is 1.68 bits per heavy atom. The molecule has 0 bridgehead atoms. The SMILES string of the molecule is CCOC(=O)Oc1cc(OC(=O)OCC)c2c(c1)O[C@H](c1ccc(O)c(O)c1)[C@H](O)C2. The number of carbonyl (C=O) groups is 2. The molecule has 0 fully saturated rings. The van der Waals surface area contributed by atoms with Gasteiger partial charge in [-0.1, -0.05) is 6.07 Å². The number of carbonyl (C=O) groups excluding carboxylic acids is 2. The number of rotatable bonds is 5. The lowest BCUT2D eigenvalue weighted by Crippen LogP contribution is -2.31. The fraction of sp³-hybridized carbons (Fsp3) is 0.333. The van der Waals surface area contributed by atoms with Gasteiger partial charge in [-0.2, -0.15) is 0 Å². The zero-order chi connectivity index (χ0) is 22.5. The Balaban J connectivity index is 1.97. The summed E-state index contributed by atoms with van der Waals surface area (Å²) in [5.74, 6) is -0.528. The van der Waals surface area contributed by atoms with Gasteiger partial charge in [-0.05, 0) is 31.5 Å². The monoisotopic (exact) mass is 434 g/mol. The highest BCUT2D eigenvalue weighted by Crippen LogP contribution is 2.43. The van der Waals surface area contributed by atoms with E-state index >= 15 is 0 Å². The highest BCUT2D eigenvalue weighted by Gasteiger charge is 2.34. The van der Waals surface area contributed by atoms with E-state index in [0.717, 1.165) is 0 Å². The number of aliphatic hydroxyl groups excluding tert-OH is 1. The molecule has 0 saturated carbocycles. The average Bonchev–Trinajstić information content (AvgIpc) is 2.70. The standard InChI is InChI=1S/C21H22O10/c1-3-27-20(25)29-12-8-17-13(18(9-12)31-21(26)28-4-2)10-16(24)19(30-17)11-5-6-14(22)15(23)7-11/h5-9,16,19,22-24H,3-4,10H2,1-2H3/t16-,19-/m1/s1. The first-order valence-electron chi connectivity index (χ1n) is 9.55. The molecule has 0 unspecified atom stereocenters. The van der Waals surface area contributed by atoms with Crippen LogP contribution in [0.4, 0.5) is 9.59 Å². The molecule has 3 N–H and O–H groups in total. The molecular formula is C21H22O10. The number of aliphatic hydroxyl groups is 1. The topological polar surface area (TPSA) is 141 Å². The lowest BCUT2D eigenvalue weighted by atomic mass is 9.94. The predicted octanol–water partition coefficient (Wildman–Crippen LogP) is 3.21. The maximum Gasteiger partial charge on any atom is 0.513 e. The van der Waals surface area contributed by atoms with Gasteiger partial charge in [0.25, 0.3) is 0 Å². The number of benzene rings is 2. The fourth-order valence-corrected chi connectivity index (χ4v) is 3.07. The van der Waals surface area contributed by atoms with Gasteiger partial charge in [-0.3, -0.25) is 0 Å². The average molecular weight is 434 g/mol. The van der Waals surface area contributed by atoms with Crippen molar-refractivity contribution >= 4 is 12.3 Å². The van der Waals surface area contributed by atoms with Crippen LogP contribution in [0.2, 0.25) is 0 Å². The van der Waals surface area contributed by atoms with Gasteiger partial charge in [0.2, 0.25) is 0 Å². The molecular weight excluding hydrogens is 412 g/mol. The molecule has 0 saturated heterocycles. The van der Waals surface area contributed by atoms with Crippen molar-refractivity contribution in [3.63, 3.8) is 0 Å². The molecule has 0 aromatic heterocycles. The third kappa shape index (κ3) is 5.10. The molecule has 166 valence electrons. The third-order valence-corrected chi connectivity index (χ3v) is 4.41. The minimum absolute atomic E-state index is 0.0127. The second kappa shape index (κ2) is 9.43. The summed E-state index contributed by atoms with van der Waals surface area (Å²) in [6, 6.07) is 6.71. The van der Waals surface area contributed by atoms with Crippen LogP contribution in [0.5, 0.6) is 28.7 Å². The summed E-state index contributed by atoms with van der Waals surface area (Å²) in [6.07, 6.45) is -3.89. The van der Waals surface area contributed by atoms with E-state index in [1.54, 1.807) is 13.8 Å². The number of phenols is 2. The van der Waals surface area contributed by atoms with Gasteiger partial charge in [0, 0.05) is 24.1 Å². The van der Waals surface area contributed by atoms with Crippen molar-refractivity contribution in [2.45, 2.75) is 32.5 Å². The molecule has 1 aliphatic rings. The van der Waals surface area contributed by atoms with Crippen LogP contribution < -0.4 is 14.2 Å². The Morgan fingerprint density at radius 3 is 2.32 bits per heavy atom. The normalized spacial score (nSPS) is 17.1. The van der Waals surface area contributed by atoms with E-state index in [-0.39, 0.29) is 48.4 Å². The third-order valence-electron chi connectivity index (χ3n) is 4.41. The highest BCUT2D eigenvalue weighted by atomic mass is 16.7. The molecule has 0 radical (unpaired) electrons. The molecule has 31 heavy (non-hydrogen) atoms. The van der Waals surface area contributed by atoms with E-state index in [0.29, 0.717) is 11.1 Å². The van der Waals surface area contributed by atoms with Crippen molar-refractivity contribution in [3.05, 3.63) is 41.5 Å². The van der Waals surface area contributed by atoms with E-state index in [4.69, 9.17) is 23.7 Å². The van der Waals surface area contributed by atoms with Gasteiger partial charge in [-0.25, -0.2) is 9.59 Å². The van der Waals surface area contributed by atoms with E-state index in [1.165, 1.54) is 30.3 Å². The molecule has 10 nitrogen and oxygen atoms in total. The Morgan fingerprint density at radius 1 is 1.00 bits per heavy atom. The van der Waals surface area contributed by atoms with E-state index in [1.807, 2.05) is 0 Å². The molecule has 3 rings (SSSR count). The summed E-state index contributed by atoms with van der Waals surface area (Å²) in [5.41, 5.74) is 0.758. The molecule has 2 aromatic carbocycles. The molecule has 2 aromatic rings. The Hall–Kier alpha value is -3.66. The first-order chi connectivity index (χ1) is 14.8. The van der Waals surface area contributed by atoms with E-state index < -0.39 is 24.5 Å². The lowest BCUT2D eigenvalue weighted by molar-refractivity contribution is 0.0192. The number of phenolic OH excluding ortho intramolecular Hbond substituents is 2. The van der Waals surface area contributed by atoms with Crippen LogP contribution >= 0.6 is 0 Å². The van der Waals surface area contributed by atoms with Crippen LogP contribution in [0, 0.1) is 0 Å². The molecule has 1 heterocycles. The van der Waals surface area contributed by atoms with Crippen LogP contribution in [-0.4, -0.2) is 46.9 Å². The summed E-state index contributed by atoms with van der Waals surface area (Å²) in [6.45, 7) is 3.42. The van der Waals surface area contributed by atoms with Gasteiger partial charge in [0.1, 0.15) is 23.4 Å². The van der Waals surface area contributed by atoms with Crippen LogP contribution in [0.25, 0.3) is 0 Å². The zero-order valence-electron chi connectivity index (χ0n) is 16.9. The summed E-state index contributed by atoms with van der Waals surface area (Å²) in [7, 11) is 0. The van der Waals surface area contributed by atoms with Crippen molar-refractivity contribution in [3.8, 4) is 28.7 Å². The number of hydrogen-bond donors (Lipinski definition) is 3. The maximum atomic E-state index is 11.8. The molecule has 0 amide bonds. The maximum absolute atomic E-state index is 11.8. The van der Waals surface area contributed by atoms with E-state index in [9.17, 15) is 24.9 Å². The summed E-state index contributed by atoms with van der Waals surface area (Å²) < 4.78 is 25.7. The smallest absolute Gasteiger partial charge is 0.504 e. The Kier molecular flexibility index (Phi) is 6.71. The quantitative estimate of drug-likeness (QED) is 0.365. The number of ether oxygens (including phenoxy) is 5.